The maximum atomic E-state index is 6.61. The van der Waals surface area contributed by atoms with Crippen molar-refractivity contribution in [2.75, 3.05) is 4.90 Å². The van der Waals surface area contributed by atoms with Gasteiger partial charge in [-0.05, 0) is 98.9 Å². The summed E-state index contributed by atoms with van der Waals surface area (Å²) in [5.74, 6) is 0. The molecule has 0 saturated carbocycles. The largest absolute Gasteiger partial charge is 0.456 e. The summed E-state index contributed by atoms with van der Waals surface area (Å²) in [5.41, 5.74) is 13.0. The summed E-state index contributed by atoms with van der Waals surface area (Å²) in [6.45, 7) is 0. The zero-order valence-electron chi connectivity index (χ0n) is 32.1. The summed E-state index contributed by atoms with van der Waals surface area (Å²) in [6, 6.07) is 78.8. The fourth-order valence-corrected chi connectivity index (χ4v) is 9.33. The number of anilines is 3. The number of nitrogens with zero attached hydrogens (tertiary/aromatic N) is 2. The van der Waals surface area contributed by atoms with Crippen LogP contribution in [-0.2, 0) is 0 Å². The van der Waals surface area contributed by atoms with Gasteiger partial charge >= 0.3 is 0 Å². The van der Waals surface area contributed by atoms with Gasteiger partial charge in [0.05, 0.1) is 28.1 Å². The Morgan fingerprint density at radius 3 is 1.69 bits per heavy atom. The van der Waals surface area contributed by atoms with Crippen LogP contribution in [-0.4, -0.2) is 4.57 Å². The number of hydrogen-bond donors (Lipinski definition) is 0. The van der Waals surface area contributed by atoms with Crippen LogP contribution in [0.3, 0.4) is 0 Å². The van der Waals surface area contributed by atoms with Crippen LogP contribution in [0.15, 0.2) is 223 Å². The van der Waals surface area contributed by atoms with Gasteiger partial charge in [0.15, 0.2) is 0 Å². The Morgan fingerprint density at radius 1 is 0.356 bits per heavy atom. The quantitative estimate of drug-likeness (QED) is 0.169. The molecule has 59 heavy (non-hydrogen) atoms. The van der Waals surface area contributed by atoms with E-state index in [0.29, 0.717) is 0 Å². The number of furan rings is 1. The smallest absolute Gasteiger partial charge is 0.136 e. The van der Waals surface area contributed by atoms with E-state index in [2.05, 4.69) is 228 Å². The van der Waals surface area contributed by atoms with Gasteiger partial charge in [-0.25, -0.2) is 0 Å². The van der Waals surface area contributed by atoms with Crippen molar-refractivity contribution in [1.29, 1.82) is 0 Å². The second kappa shape index (κ2) is 13.4. The van der Waals surface area contributed by atoms with Gasteiger partial charge in [-0.2, -0.15) is 0 Å². The van der Waals surface area contributed by atoms with E-state index in [1.165, 1.54) is 54.5 Å². The van der Waals surface area contributed by atoms with Gasteiger partial charge in [-0.1, -0.05) is 158 Å². The van der Waals surface area contributed by atoms with Crippen molar-refractivity contribution in [2.45, 2.75) is 0 Å². The first-order valence-corrected chi connectivity index (χ1v) is 20.2. The third-order valence-corrected chi connectivity index (χ3v) is 12.0. The third kappa shape index (κ3) is 5.29. The van der Waals surface area contributed by atoms with E-state index in [0.717, 1.165) is 55.8 Å². The number of fused-ring (bicyclic) bond motifs is 8. The summed E-state index contributed by atoms with van der Waals surface area (Å²) in [4.78, 5) is 2.44. The lowest BCUT2D eigenvalue weighted by Gasteiger charge is -2.30. The van der Waals surface area contributed by atoms with Crippen molar-refractivity contribution in [3.05, 3.63) is 218 Å². The zero-order valence-corrected chi connectivity index (χ0v) is 32.1. The number of rotatable bonds is 6. The van der Waals surface area contributed by atoms with E-state index in [1.54, 1.807) is 0 Å². The van der Waals surface area contributed by atoms with Crippen molar-refractivity contribution in [2.24, 2.45) is 0 Å². The first-order chi connectivity index (χ1) is 29.3. The minimum absolute atomic E-state index is 0.874. The molecule has 0 fully saturated rings. The minimum atomic E-state index is 0.874. The second-order valence-electron chi connectivity index (χ2n) is 15.3. The SMILES string of the molecule is c1ccc(N(c2ccc(-c3cccc4ccccc34)cc2)c2ccccc2-n2c3ccccc3c3ccccc32)c(-c2cccc3oc4cc5ccccc5cc4c23)c1. The van der Waals surface area contributed by atoms with Gasteiger partial charge in [0.1, 0.15) is 11.2 Å². The van der Waals surface area contributed by atoms with E-state index in [4.69, 9.17) is 4.42 Å². The van der Waals surface area contributed by atoms with Gasteiger partial charge in [-0.15, -0.1) is 0 Å². The average molecular weight is 753 g/mol. The highest BCUT2D eigenvalue weighted by Gasteiger charge is 2.24. The van der Waals surface area contributed by atoms with Crippen LogP contribution in [0.5, 0.6) is 0 Å². The number of aromatic nitrogens is 1. The third-order valence-electron chi connectivity index (χ3n) is 12.0. The van der Waals surface area contributed by atoms with Gasteiger partial charge < -0.3 is 13.9 Å². The van der Waals surface area contributed by atoms with Crippen LogP contribution in [0.2, 0.25) is 0 Å². The lowest BCUT2D eigenvalue weighted by Crippen LogP contribution is -2.14. The zero-order chi connectivity index (χ0) is 38.9. The van der Waals surface area contributed by atoms with Gasteiger partial charge in [0, 0.05) is 32.8 Å². The van der Waals surface area contributed by atoms with Crippen molar-refractivity contribution in [3.8, 4) is 27.9 Å². The van der Waals surface area contributed by atoms with Gasteiger partial charge in [0.2, 0.25) is 0 Å². The highest BCUT2D eigenvalue weighted by atomic mass is 16.3. The summed E-state index contributed by atoms with van der Waals surface area (Å²) in [5, 5.41) is 9.53. The van der Waals surface area contributed by atoms with Gasteiger partial charge in [0.25, 0.3) is 0 Å². The van der Waals surface area contributed by atoms with Crippen molar-refractivity contribution < 1.29 is 4.42 Å². The first kappa shape index (κ1) is 33.3. The predicted octanol–water partition coefficient (Wildman–Crippen LogP) is 15.8. The lowest BCUT2D eigenvalue weighted by molar-refractivity contribution is 0.669. The first-order valence-electron chi connectivity index (χ1n) is 20.2. The Morgan fingerprint density at radius 2 is 0.915 bits per heavy atom. The molecule has 2 aromatic heterocycles. The van der Waals surface area contributed by atoms with Crippen molar-refractivity contribution in [1.82, 2.24) is 4.57 Å². The molecule has 0 spiro atoms. The molecule has 0 bridgehead atoms. The molecule has 10 aromatic carbocycles. The predicted molar refractivity (Wildman–Crippen MR) is 249 cm³/mol. The summed E-state index contributed by atoms with van der Waals surface area (Å²) in [6.07, 6.45) is 0. The standard InChI is InChI=1S/C56H36N2O/c1-2-17-40-36-55-48(35-39(40)16-1)56-47(24-14-30-54(56)59-55)46-22-7-8-25-49(46)57(41-33-31-38(32-34-41)43-23-13-18-37-15-3-4-19-42(37)43)52-28-11-12-29-53(52)58-50-26-9-5-20-44(50)45-21-6-10-27-51(45)58/h1-36H. The Kier molecular flexibility index (Phi) is 7.54. The molecule has 12 aromatic rings. The molecule has 0 aliphatic rings. The Bertz CT molecular complexity index is 3510. The molecular formula is C56H36N2O. The number of benzene rings is 10. The molecule has 3 nitrogen and oxygen atoms in total. The van der Waals surface area contributed by atoms with Crippen molar-refractivity contribution >= 4 is 82.4 Å². The maximum absolute atomic E-state index is 6.61. The Hall–Kier alpha value is -7.88. The lowest BCUT2D eigenvalue weighted by atomic mass is 9.95. The fourth-order valence-electron chi connectivity index (χ4n) is 9.33. The molecule has 0 aliphatic carbocycles. The van der Waals surface area contributed by atoms with E-state index in [1.807, 2.05) is 0 Å². The topological polar surface area (TPSA) is 21.3 Å². The molecule has 0 unspecified atom stereocenters. The highest BCUT2D eigenvalue weighted by Crippen LogP contribution is 2.48. The van der Waals surface area contributed by atoms with Crippen LogP contribution >= 0.6 is 0 Å². The van der Waals surface area contributed by atoms with Crippen LogP contribution in [0.1, 0.15) is 0 Å². The van der Waals surface area contributed by atoms with Crippen molar-refractivity contribution in [3.63, 3.8) is 0 Å². The van der Waals surface area contributed by atoms with Crippen LogP contribution in [0.4, 0.5) is 17.1 Å². The fraction of sp³-hybridized carbons (Fsp3) is 0. The number of para-hydroxylation sites is 5. The molecule has 3 heteroatoms. The summed E-state index contributed by atoms with van der Waals surface area (Å²) in [7, 11) is 0. The molecule has 2 heterocycles. The van der Waals surface area contributed by atoms with E-state index < -0.39 is 0 Å². The molecule has 0 atom stereocenters. The Balaban J connectivity index is 1.12. The molecule has 0 aliphatic heterocycles. The summed E-state index contributed by atoms with van der Waals surface area (Å²) >= 11 is 0. The summed E-state index contributed by atoms with van der Waals surface area (Å²) < 4.78 is 9.04. The molecule has 12 rings (SSSR count). The molecule has 0 amide bonds. The Labute approximate surface area is 341 Å². The monoisotopic (exact) mass is 752 g/mol. The van der Waals surface area contributed by atoms with E-state index >= 15 is 0 Å². The molecule has 0 N–H and O–H groups in total. The second-order valence-corrected chi connectivity index (χ2v) is 15.3. The van der Waals surface area contributed by atoms with E-state index in [9.17, 15) is 0 Å². The normalized spacial score (nSPS) is 11.7. The minimum Gasteiger partial charge on any atom is -0.456 e. The number of hydrogen-bond acceptors (Lipinski definition) is 2. The van der Waals surface area contributed by atoms with Gasteiger partial charge in [-0.3, -0.25) is 0 Å². The van der Waals surface area contributed by atoms with Crippen LogP contribution < -0.4 is 4.90 Å². The molecule has 276 valence electrons. The molecule has 0 radical (unpaired) electrons. The molecular weight excluding hydrogens is 717 g/mol. The average Bonchev–Trinajstić information content (AvgIpc) is 3.84. The van der Waals surface area contributed by atoms with Crippen LogP contribution in [0, 0.1) is 0 Å². The van der Waals surface area contributed by atoms with Crippen LogP contribution in [0.25, 0.3) is 93.2 Å². The maximum Gasteiger partial charge on any atom is 0.136 e. The molecule has 0 saturated heterocycles. The highest BCUT2D eigenvalue weighted by molar-refractivity contribution is 6.17. The van der Waals surface area contributed by atoms with E-state index in [-0.39, 0.29) is 0 Å².